The van der Waals surface area contributed by atoms with Crippen molar-refractivity contribution in [2.75, 3.05) is 0 Å². The number of carbonyl (C=O) groups is 1. The number of aromatic nitrogens is 1. The maximum atomic E-state index is 12.4. The number of rotatable bonds is 6. The molecule has 1 heterocycles. The number of hydrogen-bond donors (Lipinski definition) is 3. The third-order valence-electron chi connectivity index (χ3n) is 3.71. The molecule has 0 saturated carbocycles. The van der Waals surface area contributed by atoms with Crippen molar-refractivity contribution >= 4 is 27.5 Å². The van der Waals surface area contributed by atoms with Gasteiger partial charge in [0.2, 0.25) is 15.5 Å². The molecule has 0 atom stereocenters. The summed E-state index contributed by atoms with van der Waals surface area (Å²) in [4.78, 5) is 24.3. The van der Waals surface area contributed by atoms with E-state index in [4.69, 9.17) is 11.6 Å². The summed E-state index contributed by atoms with van der Waals surface area (Å²) in [5.74, 6) is -1.33. The molecule has 146 valence electrons. The van der Waals surface area contributed by atoms with E-state index in [9.17, 15) is 23.1 Å². The number of amides is 1. The highest BCUT2D eigenvalue weighted by Crippen LogP contribution is 2.17. The Hall–Kier alpha value is -2.36. The van der Waals surface area contributed by atoms with Crippen LogP contribution in [0.3, 0.4) is 0 Å². The number of carbonyl (C=O) groups excluding carboxylic acids is 1. The molecule has 2 rings (SSSR count). The van der Waals surface area contributed by atoms with Gasteiger partial charge < -0.3 is 15.0 Å². The summed E-state index contributed by atoms with van der Waals surface area (Å²) in [5.41, 5.74) is -0.815. The van der Waals surface area contributed by atoms with Crippen molar-refractivity contribution in [1.29, 1.82) is 0 Å². The van der Waals surface area contributed by atoms with E-state index >= 15 is 0 Å². The van der Waals surface area contributed by atoms with Crippen LogP contribution in [0.25, 0.3) is 0 Å². The van der Waals surface area contributed by atoms with Gasteiger partial charge in [0.05, 0.1) is 11.4 Å². The zero-order valence-electron chi connectivity index (χ0n) is 15.0. The molecule has 0 radical (unpaired) electrons. The predicted molar refractivity (Wildman–Crippen MR) is 101 cm³/mol. The molecule has 0 aliphatic rings. The summed E-state index contributed by atoms with van der Waals surface area (Å²) in [6.45, 7) is 3.20. The number of nitrogens with one attached hydrogen (secondary N) is 2. The smallest absolute Gasteiger partial charge is 0.272 e. The van der Waals surface area contributed by atoms with Crippen molar-refractivity contribution in [2.45, 2.75) is 31.3 Å². The number of hydrogen-bond acceptors (Lipinski definition) is 5. The first-order valence-corrected chi connectivity index (χ1v) is 9.87. The lowest BCUT2D eigenvalue weighted by atomic mass is 10.2. The van der Waals surface area contributed by atoms with Gasteiger partial charge in [-0.05, 0) is 32.0 Å². The van der Waals surface area contributed by atoms with Gasteiger partial charge in [0, 0.05) is 29.9 Å². The molecule has 1 aromatic heterocycles. The molecule has 0 aliphatic heterocycles. The summed E-state index contributed by atoms with van der Waals surface area (Å²) in [5, 5.41) is 12.8. The van der Waals surface area contributed by atoms with E-state index in [1.54, 1.807) is 19.9 Å². The van der Waals surface area contributed by atoms with Crippen LogP contribution in [0.5, 0.6) is 5.75 Å². The highest BCUT2D eigenvalue weighted by Gasteiger charge is 2.21. The van der Waals surface area contributed by atoms with Crippen LogP contribution < -0.4 is 15.5 Å². The fourth-order valence-electron chi connectivity index (χ4n) is 2.38. The number of benzene rings is 1. The Kier molecular flexibility index (Phi) is 6.30. The van der Waals surface area contributed by atoms with E-state index < -0.39 is 27.1 Å². The fourth-order valence-corrected chi connectivity index (χ4v) is 3.68. The molecule has 0 saturated heterocycles. The molecule has 0 fully saturated rings. The Balaban J connectivity index is 2.36. The highest BCUT2D eigenvalue weighted by molar-refractivity contribution is 7.89. The van der Waals surface area contributed by atoms with Gasteiger partial charge in [-0.25, -0.2) is 13.1 Å². The van der Waals surface area contributed by atoms with Crippen LogP contribution in [0.15, 0.2) is 40.0 Å². The molecule has 27 heavy (non-hydrogen) atoms. The van der Waals surface area contributed by atoms with Gasteiger partial charge in [-0.3, -0.25) is 9.59 Å². The van der Waals surface area contributed by atoms with Crippen molar-refractivity contribution < 1.29 is 18.3 Å². The van der Waals surface area contributed by atoms with Crippen molar-refractivity contribution in [3.63, 3.8) is 0 Å². The number of halogens is 1. The van der Waals surface area contributed by atoms with E-state index in [2.05, 4.69) is 10.0 Å². The zero-order chi connectivity index (χ0) is 20.4. The SMILES string of the molecule is CC(C)NC(=O)c1c(O)c(=O)cc(CNS(=O)(=O)c2cccc(Cl)c2)n1C. The van der Waals surface area contributed by atoms with Crippen LogP contribution in [0.4, 0.5) is 0 Å². The number of pyridine rings is 1. The summed E-state index contributed by atoms with van der Waals surface area (Å²) in [7, 11) is -2.43. The Labute approximate surface area is 161 Å². The fraction of sp³-hybridized carbons (Fsp3) is 0.294. The maximum Gasteiger partial charge on any atom is 0.272 e. The molecule has 10 heteroatoms. The van der Waals surface area contributed by atoms with Gasteiger partial charge in [0.25, 0.3) is 5.91 Å². The topological polar surface area (TPSA) is 118 Å². The van der Waals surface area contributed by atoms with Crippen molar-refractivity contribution in [3.8, 4) is 5.75 Å². The summed E-state index contributed by atoms with van der Waals surface area (Å²) in [6, 6.07) is 6.58. The average molecular weight is 414 g/mol. The summed E-state index contributed by atoms with van der Waals surface area (Å²) in [6.07, 6.45) is 0. The normalized spacial score (nSPS) is 11.6. The molecule has 1 aromatic carbocycles. The van der Waals surface area contributed by atoms with E-state index in [1.165, 1.54) is 29.8 Å². The van der Waals surface area contributed by atoms with Gasteiger partial charge >= 0.3 is 0 Å². The molecule has 3 N–H and O–H groups in total. The van der Waals surface area contributed by atoms with E-state index in [0.717, 1.165) is 6.07 Å². The van der Waals surface area contributed by atoms with Crippen LogP contribution in [-0.4, -0.2) is 30.0 Å². The molecular formula is C17H20ClN3O5S. The standard InChI is InChI=1S/C17H20ClN3O5S/c1-10(2)20-17(24)15-16(23)14(22)8-12(21(15)3)9-19-27(25,26)13-6-4-5-11(18)7-13/h4-8,10,19,23H,9H2,1-3H3,(H,20,24). The van der Waals surface area contributed by atoms with Crippen LogP contribution >= 0.6 is 11.6 Å². The first-order chi connectivity index (χ1) is 12.5. The zero-order valence-corrected chi connectivity index (χ0v) is 16.6. The summed E-state index contributed by atoms with van der Waals surface area (Å²) < 4.78 is 28.4. The van der Waals surface area contributed by atoms with Gasteiger partial charge in [0.1, 0.15) is 0 Å². The summed E-state index contributed by atoms with van der Waals surface area (Å²) >= 11 is 5.82. The third kappa shape index (κ3) is 4.88. The largest absolute Gasteiger partial charge is 0.503 e. The van der Waals surface area contributed by atoms with E-state index in [0.29, 0.717) is 0 Å². The number of nitrogens with zero attached hydrogens (tertiary/aromatic N) is 1. The number of sulfonamides is 1. The monoisotopic (exact) mass is 413 g/mol. The average Bonchev–Trinajstić information content (AvgIpc) is 2.56. The second-order valence-electron chi connectivity index (χ2n) is 6.17. The van der Waals surface area contributed by atoms with E-state index in [1.807, 2.05) is 0 Å². The van der Waals surface area contributed by atoms with Crippen LogP contribution in [0.1, 0.15) is 30.0 Å². The van der Waals surface area contributed by atoms with Gasteiger partial charge in [0.15, 0.2) is 11.4 Å². The lowest BCUT2D eigenvalue weighted by molar-refractivity contribution is 0.0930. The van der Waals surface area contributed by atoms with Crippen molar-refractivity contribution in [3.05, 3.63) is 57.0 Å². The van der Waals surface area contributed by atoms with Crippen molar-refractivity contribution in [1.82, 2.24) is 14.6 Å². The van der Waals surface area contributed by atoms with Crippen LogP contribution in [-0.2, 0) is 23.6 Å². The Morgan fingerprint density at radius 3 is 2.56 bits per heavy atom. The molecule has 0 unspecified atom stereocenters. The molecule has 8 nitrogen and oxygen atoms in total. The first kappa shape index (κ1) is 20.9. The second-order valence-corrected chi connectivity index (χ2v) is 8.37. The third-order valence-corrected chi connectivity index (χ3v) is 5.34. The maximum absolute atomic E-state index is 12.4. The van der Waals surface area contributed by atoms with Gasteiger partial charge in [-0.1, -0.05) is 17.7 Å². The molecule has 2 aromatic rings. The molecule has 0 aliphatic carbocycles. The minimum Gasteiger partial charge on any atom is -0.503 e. The Morgan fingerprint density at radius 2 is 1.96 bits per heavy atom. The van der Waals surface area contributed by atoms with Crippen LogP contribution in [0, 0.1) is 0 Å². The number of aromatic hydroxyl groups is 1. The minimum absolute atomic E-state index is 0.0310. The Morgan fingerprint density at radius 1 is 1.30 bits per heavy atom. The van der Waals surface area contributed by atoms with Crippen LogP contribution in [0.2, 0.25) is 5.02 Å². The highest BCUT2D eigenvalue weighted by atomic mass is 35.5. The molecule has 0 spiro atoms. The minimum atomic E-state index is -3.89. The lowest BCUT2D eigenvalue weighted by Gasteiger charge is -2.17. The molecule has 0 bridgehead atoms. The van der Waals surface area contributed by atoms with Gasteiger partial charge in [-0.2, -0.15) is 0 Å². The van der Waals surface area contributed by atoms with Crippen molar-refractivity contribution in [2.24, 2.45) is 7.05 Å². The first-order valence-electron chi connectivity index (χ1n) is 8.01. The Bertz CT molecular complexity index is 1030. The second kappa shape index (κ2) is 8.12. The lowest BCUT2D eigenvalue weighted by Crippen LogP contribution is -2.34. The predicted octanol–water partition coefficient (Wildman–Crippen LogP) is 1.36. The van der Waals surface area contributed by atoms with Gasteiger partial charge in [-0.15, -0.1) is 0 Å². The van der Waals surface area contributed by atoms with E-state index in [-0.39, 0.29) is 33.9 Å². The molecular weight excluding hydrogens is 394 g/mol. The quantitative estimate of drug-likeness (QED) is 0.661. The molecule has 1 amide bonds.